The minimum absolute atomic E-state index is 0.122. The lowest BCUT2D eigenvalue weighted by Crippen LogP contribution is -2.14. The van der Waals surface area contributed by atoms with Gasteiger partial charge >= 0.3 is 0 Å². The monoisotopic (exact) mass is 453 g/mol. The van der Waals surface area contributed by atoms with Crippen molar-refractivity contribution in [3.05, 3.63) is 82.5 Å². The molecular weight excluding hydrogens is 441 g/mol. The summed E-state index contributed by atoms with van der Waals surface area (Å²) >= 11 is 7.63. The Kier molecular flexibility index (Phi) is 4.92. The maximum absolute atomic E-state index is 13.2. The smallest absolute Gasteiger partial charge is 0.263 e. The molecule has 0 saturated heterocycles. The van der Waals surface area contributed by atoms with Gasteiger partial charge in [0.05, 0.1) is 23.3 Å². The Morgan fingerprint density at radius 2 is 2.13 bits per heavy atom. The van der Waals surface area contributed by atoms with Crippen molar-refractivity contribution in [3.63, 3.8) is 0 Å². The molecule has 1 amide bonds. The van der Waals surface area contributed by atoms with Gasteiger partial charge in [-0.1, -0.05) is 23.7 Å². The van der Waals surface area contributed by atoms with Gasteiger partial charge in [0.25, 0.3) is 5.91 Å². The third-order valence-electron chi connectivity index (χ3n) is 4.53. The van der Waals surface area contributed by atoms with Crippen LogP contribution in [0.4, 0.5) is 10.3 Å². The van der Waals surface area contributed by atoms with E-state index in [9.17, 15) is 9.18 Å². The van der Waals surface area contributed by atoms with E-state index in [1.54, 1.807) is 28.1 Å². The first kappa shape index (κ1) is 19.3. The van der Waals surface area contributed by atoms with E-state index in [0.717, 1.165) is 10.6 Å². The molecule has 11 heteroatoms. The van der Waals surface area contributed by atoms with Crippen molar-refractivity contribution >= 4 is 40.4 Å². The number of nitrogens with one attached hydrogen (secondary N) is 1. The number of anilines is 1. The van der Waals surface area contributed by atoms with Gasteiger partial charge in [0.2, 0.25) is 5.95 Å². The Morgan fingerprint density at radius 1 is 1.23 bits per heavy atom. The molecule has 1 aromatic carbocycles. The van der Waals surface area contributed by atoms with Gasteiger partial charge in [-0.25, -0.2) is 23.6 Å². The van der Waals surface area contributed by atoms with Gasteiger partial charge in [-0.3, -0.25) is 10.1 Å². The number of amides is 1. The zero-order chi connectivity index (χ0) is 21.4. The van der Waals surface area contributed by atoms with Crippen LogP contribution in [0.15, 0.2) is 60.5 Å². The zero-order valence-corrected chi connectivity index (χ0v) is 17.3. The molecular formula is C20H13ClFN7OS. The Hall–Kier alpha value is -3.63. The molecule has 8 nitrogen and oxygen atoms in total. The average molecular weight is 454 g/mol. The van der Waals surface area contributed by atoms with E-state index in [-0.39, 0.29) is 12.5 Å². The van der Waals surface area contributed by atoms with E-state index in [4.69, 9.17) is 11.6 Å². The molecule has 0 aliphatic heterocycles. The van der Waals surface area contributed by atoms with Crippen LogP contribution in [0.5, 0.6) is 0 Å². The first-order valence-electron chi connectivity index (χ1n) is 9.10. The number of carbonyl (C=O) groups is 1. The van der Waals surface area contributed by atoms with Gasteiger partial charge in [-0.05, 0) is 35.2 Å². The molecule has 0 aliphatic rings. The van der Waals surface area contributed by atoms with E-state index < -0.39 is 11.7 Å². The fraction of sp³-hybridized carbons (Fsp3) is 0.0500. The van der Waals surface area contributed by atoms with Gasteiger partial charge in [-0.15, -0.1) is 16.4 Å². The molecule has 0 spiro atoms. The zero-order valence-electron chi connectivity index (χ0n) is 15.7. The fourth-order valence-electron chi connectivity index (χ4n) is 3.08. The molecule has 0 bridgehead atoms. The summed E-state index contributed by atoms with van der Waals surface area (Å²) in [6, 6.07) is 9.91. The summed E-state index contributed by atoms with van der Waals surface area (Å²) in [7, 11) is 0. The number of hydrogen-bond acceptors (Lipinski definition) is 6. The molecule has 154 valence electrons. The molecule has 5 rings (SSSR count). The third kappa shape index (κ3) is 3.78. The second kappa shape index (κ2) is 7.89. The summed E-state index contributed by atoms with van der Waals surface area (Å²) < 4.78 is 16.3. The van der Waals surface area contributed by atoms with Crippen LogP contribution in [0.2, 0.25) is 5.02 Å². The highest BCUT2D eigenvalue weighted by Gasteiger charge is 2.18. The molecule has 0 radical (unpaired) electrons. The topological polar surface area (TPSA) is 90.0 Å². The minimum Gasteiger partial charge on any atom is -0.289 e. The van der Waals surface area contributed by atoms with E-state index in [1.807, 2.05) is 23.6 Å². The van der Waals surface area contributed by atoms with E-state index in [1.165, 1.54) is 29.3 Å². The Labute approximate surface area is 184 Å². The van der Waals surface area contributed by atoms with Gasteiger partial charge in [0, 0.05) is 11.2 Å². The van der Waals surface area contributed by atoms with Crippen LogP contribution < -0.4 is 5.32 Å². The standard InChI is InChI=1S/C20H13ClFN7OS/c21-15-8-13(22)4-3-12(15)10-28-11-24-20(27-28)26-19(30)14-9-25-29-16(5-6-23-18(14)29)17-2-1-7-31-17/h1-9,11H,10H2,(H,26,27,30). The van der Waals surface area contributed by atoms with Crippen LogP contribution in [0.1, 0.15) is 15.9 Å². The summed E-state index contributed by atoms with van der Waals surface area (Å²) in [5.41, 5.74) is 2.26. The van der Waals surface area contributed by atoms with E-state index >= 15 is 0 Å². The van der Waals surface area contributed by atoms with Crippen LogP contribution in [0, 0.1) is 5.82 Å². The Balaban J connectivity index is 1.36. The summed E-state index contributed by atoms with van der Waals surface area (Å²) in [4.78, 5) is 22.2. The quantitative estimate of drug-likeness (QED) is 0.432. The summed E-state index contributed by atoms with van der Waals surface area (Å²) in [5, 5.41) is 13.5. The highest BCUT2D eigenvalue weighted by molar-refractivity contribution is 7.13. The lowest BCUT2D eigenvalue weighted by molar-refractivity contribution is 0.102. The van der Waals surface area contributed by atoms with Crippen molar-refractivity contribution in [1.29, 1.82) is 0 Å². The number of hydrogen-bond donors (Lipinski definition) is 1. The van der Waals surface area contributed by atoms with Crippen molar-refractivity contribution in [3.8, 4) is 10.6 Å². The maximum Gasteiger partial charge on any atom is 0.263 e. The van der Waals surface area contributed by atoms with Gasteiger partial charge in [0.1, 0.15) is 17.7 Å². The predicted octanol–water partition coefficient (Wildman–Crippen LogP) is 4.14. The number of carbonyl (C=O) groups excluding carboxylic acids is 1. The highest BCUT2D eigenvalue weighted by Crippen LogP contribution is 2.25. The molecule has 5 aromatic rings. The Bertz CT molecular complexity index is 1400. The highest BCUT2D eigenvalue weighted by atomic mass is 35.5. The molecule has 0 fully saturated rings. The first-order valence-corrected chi connectivity index (χ1v) is 10.4. The number of benzene rings is 1. The van der Waals surface area contributed by atoms with Gasteiger partial charge in [-0.2, -0.15) is 5.10 Å². The minimum atomic E-state index is -0.427. The number of aromatic nitrogens is 6. The third-order valence-corrected chi connectivity index (χ3v) is 5.77. The van der Waals surface area contributed by atoms with Crippen LogP contribution in [-0.2, 0) is 6.54 Å². The van der Waals surface area contributed by atoms with E-state index in [2.05, 4.69) is 25.5 Å². The van der Waals surface area contributed by atoms with Crippen LogP contribution in [-0.4, -0.2) is 35.3 Å². The molecule has 0 unspecified atom stereocenters. The molecule has 0 saturated carbocycles. The number of halogens is 2. The lowest BCUT2D eigenvalue weighted by atomic mass is 10.2. The average Bonchev–Trinajstić information content (AvgIpc) is 3.50. The number of fused-ring (bicyclic) bond motifs is 1. The second-order valence-electron chi connectivity index (χ2n) is 6.56. The number of nitrogens with zero attached hydrogens (tertiary/aromatic N) is 6. The van der Waals surface area contributed by atoms with E-state index in [0.29, 0.717) is 21.8 Å². The molecule has 0 aliphatic carbocycles. The van der Waals surface area contributed by atoms with Crippen molar-refractivity contribution in [2.45, 2.75) is 6.54 Å². The van der Waals surface area contributed by atoms with Gasteiger partial charge in [0.15, 0.2) is 5.65 Å². The molecule has 4 aromatic heterocycles. The largest absolute Gasteiger partial charge is 0.289 e. The summed E-state index contributed by atoms with van der Waals surface area (Å²) in [5.74, 6) is -0.718. The van der Waals surface area contributed by atoms with Crippen molar-refractivity contribution in [1.82, 2.24) is 29.4 Å². The fourth-order valence-corrected chi connectivity index (χ4v) is 4.05. The number of thiophene rings is 1. The van der Waals surface area contributed by atoms with Crippen molar-refractivity contribution in [2.75, 3.05) is 5.32 Å². The van der Waals surface area contributed by atoms with Gasteiger partial charge < -0.3 is 0 Å². The summed E-state index contributed by atoms with van der Waals surface area (Å²) in [6.07, 6.45) is 4.56. The van der Waals surface area contributed by atoms with Crippen molar-refractivity contribution in [2.24, 2.45) is 0 Å². The normalized spacial score (nSPS) is 11.2. The lowest BCUT2D eigenvalue weighted by Gasteiger charge is -2.04. The van der Waals surface area contributed by atoms with Crippen LogP contribution in [0.3, 0.4) is 0 Å². The molecule has 0 atom stereocenters. The maximum atomic E-state index is 13.2. The molecule has 4 heterocycles. The SMILES string of the molecule is O=C(Nc1ncn(Cc2ccc(F)cc2Cl)n1)c1cnn2c(-c3cccs3)ccnc12. The molecule has 1 N–H and O–H groups in total. The van der Waals surface area contributed by atoms with Crippen LogP contribution >= 0.6 is 22.9 Å². The Morgan fingerprint density at radius 3 is 2.94 bits per heavy atom. The number of rotatable bonds is 5. The molecule has 31 heavy (non-hydrogen) atoms. The van der Waals surface area contributed by atoms with Crippen LogP contribution in [0.25, 0.3) is 16.2 Å². The first-order chi connectivity index (χ1) is 15.1. The second-order valence-corrected chi connectivity index (χ2v) is 7.91. The predicted molar refractivity (Wildman–Crippen MR) is 115 cm³/mol. The summed E-state index contributed by atoms with van der Waals surface area (Å²) in [6.45, 7) is 0.282. The van der Waals surface area contributed by atoms with Crippen molar-refractivity contribution < 1.29 is 9.18 Å².